The zero-order valence-electron chi connectivity index (χ0n) is 45.5. The average molecular weight is 994 g/mol. The Bertz CT molecular complexity index is 2870. The van der Waals surface area contributed by atoms with E-state index in [1.807, 2.05) is 24.3 Å². The summed E-state index contributed by atoms with van der Waals surface area (Å²) in [6, 6.07) is 30.2. The van der Waals surface area contributed by atoms with Crippen molar-refractivity contribution in [1.29, 1.82) is 5.26 Å². The monoisotopic (exact) mass is 994 g/mol. The lowest BCUT2D eigenvalue weighted by molar-refractivity contribution is -0.528. The van der Waals surface area contributed by atoms with Crippen molar-refractivity contribution in [2.75, 3.05) is 31.1 Å². The van der Waals surface area contributed by atoms with Gasteiger partial charge in [0.25, 0.3) is 5.70 Å². The van der Waals surface area contributed by atoms with Crippen molar-refractivity contribution in [3.8, 4) is 17.6 Å². The van der Waals surface area contributed by atoms with Crippen molar-refractivity contribution in [1.82, 2.24) is 0 Å². The molecule has 0 aliphatic heterocycles. The number of benzene rings is 5. The quantitative estimate of drug-likeness (QED) is 0.0137. The maximum Gasteiger partial charge on any atom is 0.270 e. The van der Waals surface area contributed by atoms with E-state index in [0.29, 0.717) is 38.8 Å². The maximum atomic E-state index is 13.1. The summed E-state index contributed by atoms with van der Waals surface area (Å²) in [6.45, 7) is 21.1. The summed E-state index contributed by atoms with van der Waals surface area (Å²) in [7, 11) is 0. The van der Waals surface area contributed by atoms with Gasteiger partial charge in [0.05, 0.1) is 29.5 Å². The molecular formula is C67H85N4O3+. The highest BCUT2D eigenvalue weighted by Crippen LogP contribution is 2.58. The van der Waals surface area contributed by atoms with Gasteiger partial charge in [-0.25, -0.2) is 14.7 Å². The number of phenolic OH excluding ortho intramolecular Hbond substituents is 2. The Kier molecular flexibility index (Phi) is 21.3. The Morgan fingerprint density at radius 1 is 0.500 bits per heavy atom. The van der Waals surface area contributed by atoms with Crippen LogP contribution in [-0.2, 0) is 0 Å². The second-order valence-corrected chi connectivity index (χ2v) is 21.0. The van der Waals surface area contributed by atoms with Crippen LogP contribution in [0.2, 0.25) is 0 Å². The van der Waals surface area contributed by atoms with Gasteiger partial charge in [0, 0.05) is 75.5 Å². The van der Waals surface area contributed by atoms with Crippen LogP contribution >= 0.6 is 0 Å². The van der Waals surface area contributed by atoms with E-state index in [1.54, 1.807) is 12.1 Å². The van der Waals surface area contributed by atoms with Crippen molar-refractivity contribution in [3.63, 3.8) is 0 Å². The third-order valence-corrected chi connectivity index (χ3v) is 15.7. The molecule has 0 aromatic heterocycles. The number of unbranched alkanes of at least 4 members (excludes halogenated alkanes) is 20. The van der Waals surface area contributed by atoms with Crippen LogP contribution in [0.25, 0.3) is 37.5 Å². The number of rotatable bonds is 30. The highest BCUT2D eigenvalue weighted by atomic mass is 16.3. The van der Waals surface area contributed by atoms with Gasteiger partial charge in [-0.2, -0.15) is 0 Å². The molecule has 0 spiro atoms. The van der Waals surface area contributed by atoms with Crippen LogP contribution in [0.15, 0.2) is 108 Å². The molecule has 2 aliphatic rings. The fourth-order valence-corrected chi connectivity index (χ4v) is 11.9. The number of aromatic hydroxyl groups is 2. The van der Waals surface area contributed by atoms with E-state index in [4.69, 9.17) is 6.57 Å². The minimum atomic E-state index is -0.151. The Balaban J connectivity index is 1.44. The van der Waals surface area contributed by atoms with Gasteiger partial charge in [0.15, 0.2) is 0 Å². The number of aliphatic hydroxyl groups is 1. The number of aliphatic hydroxyl groups excluding tert-OH is 1. The first-order valence-corrected chi connectivity index (χ1v) is 29.0. The molecule has 7 rings (SSSR count). The molecule has 5 aromatic carbocycles. The van der Waals surface area contributed by atoms with E-state index in [2.05, 4.69) is 96.6 Å². The first-order valence-electron chi connectivity index (χ1n) is 29.0. The summed E-state index contributed by atoms with van der Waals surface area (Å²) in [4.78, 5) is 6.42. The molecule has 0 amide bonds. The highest BCUT2D eigenvalue weighted by Gasteiger charge is 2.43. The Hall–Kier alpha value is -6.31. The maximum absolute atomic E-state index is 13.1. The molecule has 2 aliphatic carbocycles. The van der Waals surface area contributed by atoms with Crippen molar-refractivity contribution < 1.29 is 19.9 Å². The number of allylic oxidation sites excluding steroid dienone is 3. The fourth-order valence-electron chi connectivity index (χ4n) is 11.9. The largest absolute Gasteiger partial charge is 0.507 e. The molecule has 0 saturated heterocycles. The molecule has 3 N–H and O–H groups in total. The molecule has 0 radical (unpaired) electrons. The lowest BCUT2D eigenvalue weighted by atomic mass is 9.69. The van der Waals surface area contributed by atoms with Gasteiger partial charge in [-0.15, -0.1) is 0 Å². The standard InChI is InChI=1S/C67H84N4O3/c1-6-10-14-18-22-30-44-70(45-31-23-19-15-11-7-2)65-51-38-28-26-36-49(51)60(58-53(65)40-34-42-56(58)72)63-62(55(48-68)69-5)64(67(63)74)61-50-37-27-29-39-52(50)66(54-41-35-43-57(73)59(54)61)71(46-32-24-20-16-12-8-3)47-33-25-21-17-13-9-4/h26-29,34-43H,6-25,30-33,44-47H2,1-4H3,(H2-,72,73,74)/p+1. The van der Waals surface area contributed by atoms with Crippen LogP contribution in [0.1, 0.15) is 210 Å². The smallest absolute Gasteiger partial charge is 0.270 e. The van der Waals surface area contributed by atoms with Gasteiger partial charge < -0.3 is 20.2 Å². The van der Waals surface area contributed by atoms with Crippen molar-refractivity contribution >= 4 is 44.1 Å². The van der Waals surface area contributed by atoms with Gasteiger partial charge in [0.2, 0.25) is 5.71 Å². The molecule has 0 saturated carbocycles. The summed E-state index contributed by atoms with van der Waals surface area (Å²) in [5, 5.41) is 51.7. The summed E-state index contributed by atoms with van der Waals surface area (Å²) < 4.78 is 2.54. The predicted octanol–water partition coefficient (Wildman–Crippen LogP) is 18.3. The van der Waals surface area contributed by atoms with E-state index in [9.17, 15) is 20.6 Å². The number of nitrogens with zero attached hydrogens (tertiary/aromatic N) is 4. The van der Waals surface area contributed by atoms with Crippen molar-refractivity contribution in [2.24, 2.45) is 0 Å². The lowest BCUT2D eigenvalue weighted by Crippen LogP contribution is -2.30. The average Bonchev–Trinajstić information content (AvgIpc) is 3.46. The third-order valence-electron chi connectivity index (χ3n) is 15.7. The lowest BCUT2D eigenvalue weighted by Gasteiger charge is -2.35. The topological polar surface area (TPSA) is 95.1 Å². The Morgan fingerprint density at radius 3 is 1.54 bits per heavy atom. The number of phenols is 2. The van der Waals surface area contributed by atoms with Gasteiger partial charge >= 0.3 is 0 Å². The summed E-state index contributed by atoms with van der Waals surface area (Å²) in [5.41, 5.74) is 7.55. The third kappa shape index (κ3) is 12.6. The zero-order chi connectivity index (χ0) is 52.2. The van der Waals surface area contributed by atoms with Crippen LogP contribution in [0.4, 0.5) is 5.69 Å². The molecule has 0 fully saturated rings. The summed E-state index contributed by atoms with van der Waals surface area (Å²) in [5.74, 6) is 0.0896. The first-order chi connectivity index (χ1) is 36.4. The molecular weight excluding hydrogens is 909 g/mol. The van der Waals surface area contributed by atoms with E-state index in [1.165, 1.54) is 103 Å². The summed E-state index contributed by atoms with van der Waals surface area (Å²) in [6.07, 6.45) is 28.6. The van der Waals surface area contributed by atoms with Gasteiger partial charge in [-0.3, -0.25) is 0 Å². The molecule has 0 unspecified atom stereocenters. The predicted molar refractivity (Wildman–Crippen MR) is 311 cm³/mol. The first kappa shape index (κ1) is 55.4. The number of anilines is 1. The molecule has 7 nitrogen and oxygen atoms in total. The van der Waals surface area contributed by atoms with Crippen LogP contribution in [-0.4, -0.2) is 51.8 Å². The normalized spacial score (nSPS) is 14.7. The van der Waals surface area contributed by atoms with Crippen molar-refractivity contribution in [3.05, 3.63) is 147 Å². The zero-order valence-corrected chi connectivity index (χ0v) is 45.5. The Labute approximate surface area is 444 Å². The molecule has 74 heavy (non-hydrogen) atoms. The van der Waals surface area contributed by atoms with Crippen molar-refractivity contribution in [2.45, 2.75) is 182 Å². The molecule has 390 valence electrons. The number of fused-ring (bicyclic) bond motifs is 4. The second-order valence-electron chi connectivity index (χ2n) is 21.0. The molecule has 5 aromatic rings. The van der Waals surface area contributed by atoms with Gasteiger partial charge in [0.1, 0.15) is 30.3 Å². The summed E-state index contributed by atoms with van der Waals surface area (Å²) >= 11 is 0. The van der Waals surface area contributed by atoms with E-state index in [-0.39, 0.29) is 23.0 Å². The molecule has 0 bridgehead atoms. The number of hydrogen-bond donors (Lipinski definition) is 3. The molecule has 0 atom stereocenters. The van der Waals surface area contributed by atoms with Crippen LogP contribution in [0.5, 0.6) is 11.5 Å². The van der Waals surface area contributed by atoms with E-state index >= 15 is 0 Å². The molecule has 7 heteroatoms. The van der Waals surface area contributed by atoms with Crippen LogP contribution < -0.4 is 4.90 Å². The fraction of sp³-hybridized carbons (Fsp3) is 0.478. The molecule has 0 heterocycles. The number of nitriles is 1. The minimum Gasteiger partial charge on any atom is -0.507 e. The van der Waals surface area contributed by atoms with Gasteiger partial charge in [-0.1, -0.05) is 204 Å². The van der Waals surface area contributed by atoms with Crippen LogP contribution in [0, 0.1) is 17.9 Å². The van der Waals surface area contributed by atoms with E-state index in [0.717, 1.165) is 122 Å². The van der Waals surface area contributed by atoms with Gasteiger partial charge in [-0.05, 0) is 60.9 Å². The SMILES string of the molecule is [C-]#[N+]C(C#N)=C1C(c2c3ccccc3c(N(CCCCCCCC)CCCCCCCC)c3cccc(O)c23)=C(O)/C1=C1\c2ccccc2C(=[N+](CCCCCCCC)CCCCCCCC)c2cccc(O)c21. The van der Waals surface area contributed by atoms with E-state index < -0.39 is 0 Å². The second kappa shape index (κ2) is 28.4. The Morgan fingerprint density at radius 2 is 0.973 bits per heavy atom. The number of hydrogen-bond acceptors (Lipinski definition) is 5. The van der Waals surface area contributed by atoms with Crippen LogP contribution in [0.3, 0.4) is 0 Å². The minimum absolute atomic E-state index is 0.0617. The highest BCUT2D eigenvalue weighted by molar-refractivity contribution is 6.26.